The first kappa shape index (κ1) is 12.8. The number of hydrogen-bond acceptors (Lipinski definition) is 3. The van der Waals surface area contributed by atoms with Gasteiger partial charge >= 0.3 is 12.1 Å². The Hall–Kier alpha value is -1.30. The lowest BCUT2D eigenvalue weighted by atomic mass is 9.71. The van der Waals surface area contributed by atoms with Crippen molar-refractivity contribution in [2.24, 2.45) is 5.41 Å². The minimum atomic E-state index is -1.56. The predicted octanol–water partition coefficient (Wildman–Crippen LogP) is 0.601. The SMILES string of the molecule is CC(C)(C)[C@@]1(C(=O)O)C[C@@H](O)CN1C(=O)O. The highest BCUT2D eigenvalue weighted by Crippen LogP contribution is 2.44. The molecule has 0 aromatic heterocycles. The van der Waals surface area contributed by atoms with Crippen molar-refractivity contribution in [2.75, 3.05) is 6.54 Å². The first-order chi connectivity index (χ1) is 7.13. The summed E-state index contributed by atoms with van der Waals surface area (Å²) in [7, 11) is 0. The molecule has 0 spiro atoms. The van der Waals surface area contributed by atoms with Gasteiger partial charge in [-0.05, 0) is 5.41 Å². The second-order valence-electron chi connectivity index (χ2n) is 5.17. The van der Waals surface area contributed by atoms with Gasteiger partial charge < -0.3 is 15.3 Å². The van der Waals surface area contributed by atoms with E-state index in [0.717, 1.165) is 4.90 Å². The van der Waals surface area contributed by atoms with Crippen LogP contribution in [0, 0.1) is 5.41 Å². The Morgan fingerprint density at radius 3 is 2.06 bits per heavy atom. The van der Waals surface area contributed by atoms with E-state index in [1.54, 1.807) is 20.8 Å². The maximum absolute atomic E-state index is 11.4. The molecule has 0 aliphatic carbocycles. The molecular weight excluding hydrogens is 214 g/mol. The number of aliphatic carboxylic acids is 1. The van der Waals surface area contributed by atoms with Crippen LogP contribution in [0.3, 0.4) is 0 Å². The number of amides is 1. The van der Waals surface area contributed by atoms with Crippen molar-refractivity contribution in [1.82, 2.24) is 4.90 Å². The van der Waals surface area contributed by atoms with Gasteiger partial charge in [-0.25, -0.2) is 9.59 Å². The molecule has 0 radical (unpaired) electrons. The van der Waals surface area contributed by atoms with Crippen LogP contribution in [0.4, 0.5) is 4.79 Å². The van der Waals surface area contributed by atoms with E-state index in [9.17, 15) is 19.8 Å². The fourth-order valence-corrected chi connectivity index (χ4v) is 2.36. The lowest BCUT2D eigenvalue weighted by molar-refractivity contribution is -0.155. The van der Waals surface area contributed by atoms with Gasteiger partial charge in [-0.1, -0.05) is 20.8 Å². The van der Waals surface area contributed by atoms with E-state index in [4.69, 9.17) is 5.11 Å². The van der Waals surface area contributed by atoms with Crippen LogP contribution in [0.15, 0.2) is 0 Å². The minimum absolute atomic E-state index is 0.0713. The smallest absolute Gasteiger partial charge is 0.408 e. The van der Waals surface area contributed by atoms with Gasteiger partial charge in [0.1, 0.15) is 0 Å². The number of aliphatic hydroxyl groups is 1. The maximum Gasteiger partial charge on any atom is 0.408 e. The highest BCUT2D eigenvalue weighted by Gasteiger charge is 2.60. The van der Waals surface area contributed by atoms with E-state index in [-0.39, 0.29) is 13.0 Å². The molecule has 1 heterocycles. The van der Waals surface area contributed by atoms with Crippen LogP contribution in [0.5, 0.6) is 0 Å². The minimum Gasteiger partial charge on any atom is -0.479 e. The van der Waals surface area contributed by atoms with Gasteiger partial charge in [-0.15, -0.1) is 0 Å². The van der Waals surface area contributed by atoms with Crippen LogP contribution in [0.2, 0.25) is 0 Å². The first-order valence-corrected chi connectivity index (χ1v) is 5.05. The third-order valence-corrected chi connectivity index (χ3v) is 3.21. The average Bonchev–Trinajstić information content (AvgIpc) is 2.42. The Bertz CT molecular complexity index is 322. The number of carbonyl (C=O) groups is 2. The number of rotatable bonds is 1. The normalized spacial score (nSPS) is 30.5. The fraction of sp³-hybridized carbons (Fsp3) is 0.800. The zero-order chi connectivity index (χ0) is 12.7. The third kappa shape index (κ3) is 1.63. The summed E-state index contributed by atoms with van der Waals surface area (Å²) in [6.07, 6.45) is -2.31. The maximum atomic E-state index is 11.4. The highest BCUT2D eigenvalue weighted by atomic mass is 16.4. The molecule has 1 aliphatic heterocycles. The molecule has 92 valence electrons. The van der Waals surface area contributed by atoms with E-state index >= 15 is 0 Å². The number of nitrogens with zero attached hydrogens (tertiary/aromatic N) is 1. The zero-order valence-corrected chi connectivity index (χ0v) is 9.60. The molecule has 6 heteroatoms. The van der Waals surface area contributed by atoms with Gasteiger partial charge in [-0.3, -0.25) is 4.90 Å². The molecule has 1 fully saturated rings. The lowest BCUT2D eigenvalue weighted by Gasteiger charge is -2.42. The second-order valence-corrected chi connectivity index (χ2v) is 5.17. The lowest BCUT2D eigenvalue weighted by Crippen LogP contribution is -2.60. The summed E-state index contributed by atoms with van der Waals surface area (Å²) in [5, 5.41) is 27.9. The molecule has 6 nitrogen and oxygen atoms in total. The number of aliphatic hydroxyl groups excluding tert-OH is 1. The molecule has 1 rings (SSSR count). The molecule has 3 N–H and O–H groups in total. The Morgan fingerprint density at radius 2 is 1.81 bits per heavy atom. The molecule has 0 aromatic carbocycles. The van der Waals surface area contributed by atoms with E-state index < -0.39 is 29.1 Å². The van der Waals surface area contributed by atoms with Crippen LogP contribution in [0.1, 0.15) is 27.2 Å². The molecule has 0 bridgehead atoms. The topological polar surface area (TPSA) is 98.1 Å². The molecule has 0 unspecified atom stereocenters. The predicted molar refractivity (Wildman–Crippen MR) is 55.2 cm³/mol. The van der Waals surface area contributed by atoms with E-state index in [0.29, 0.717) is 0 Å². The molecule has 16 heavy (non-hydrogen) atoms. The van der Waals surface area contributed by atoms with Crippen molar-refractivity contribution < 1.29 is 24.9 Å². The van der Waals surface area contributed by atoms with Crippen LogP contribution >= 0.6 is 0 Å². The summed E-state index contributed by atoms with van der Waals surface area (Å²) in [6.45, 7) is 4.83. The highest BCUT2D eigenvalue weighted by molar-refractivity contribution is 5.85. The second kappa shape index (κ2) is 3.62. The standard InChI is InChI=1S/C10H17NO5/c1-9(2,3)10(7(13)14)4-6(12)5-11(10)8(15)16/h6,12H,4-5H2,1-3H3,(H,13,14)(H,15,16)/t6-,10+/m1/s1. The molecule has 2 atom stereocenters. The Kier molecular flexibility index (Phi) is 2.89. The van der Waals surface area contributed by atoms with Gasteiger partial charge in [0.2, 0.25) is 0 Å². The van der Waals surface area contributed by atoms with Gasteiger partial charge in [0.25, 0.3) is 0 Å². The molecule has 0 aromatic rings. The Balaban J connectivity index is 3.29. The fourth-order valence-electron chi connectivity index (χ4n) is 2.36. The van der Waals surface area contributed by atoms with Crippen LogP contribution < -0.4 is 0 Å². The van der Waals surface area contributed by atoms with Crippen molar-refractivity contribution in [3.8, 4) is 0 Å². The van der Waals surface area contributed by atoms with Gasteiger partial charge in [-0.2, -0.15) is 0 Å². The summed E-state index contributed by atoms with van der Waals surface area (Å²) >= 11 is 0. The van der Waals surface area contributed by atoms with Crippen molar-refractivity contribution in [3.05, 3.63) is 0 Å². The summed E-state index contributed by atoms with van der Waals surface area (Å²) in [6, 6.07) is 0. The van der Waals surface area contributed by atoms with Crippen molar-refractivity contribution in [3.63, 3.8) is 0 Å². The molecule has 0 saturated carbocycles. The van der Waals surface area contributed by atoms with Crippen molar-refractivity contribution in [1.29, 1.82) is 0 Å². The Morgan fingerprint density at radius 1 is 1.31 bits per heavy atom. The van der Waals surface area contributed by atoms with E-state index in [2.05, 4.69) is 0 Å². The largest absolute Gasteiger partial charge is 0.479 e. The third-order valence-electron chi connectivity index (χ3n) is 3.21. The molecule has 1 aliphatic rings. The van der Waals surface area contributed by atoms with Crippen LogP contribution in [-0.4, -0.2) is 50.5 Å². The molecular formula is C10H17NO5. The van der Waals surface area contributed by atoms with Gasteiger partial charge in [0.05, 0.1) is 12.6 Å². The van der Waals surface area contributed by atoms with E-state index in [1.165, 1.54) is 0 Å². The number of carboxylic acid groups (broad SMARTS) is 2. The monoisotopic (exact) mass is 231 g/mol. The zero-order valence-electron chi connectivity index (χ0n) is 9.60. The summed E-state index contributed by atoms with van der Waals surface area (Å²) in [5.74, 6) is -1.21. The number of hydrogen-bond donors (Lipinski definition) is 3. The number of likely N-dealkylation sites (tertiary alicyclic amines) is 1. The summed E-state index contributed by atoms with van der Waals surface area (Å²) < 4.78 is 0. The molecule has 1 amide bonds. The van der Waals surface area contributed by atoms with Crippen LogP contribution in [0.25, 0.3) is 0 Å². The molecule has 1 saturated heterocycles. The van der Waals surface area contributed by atoms with Gasteiger partial charge in [0.15, 0.2) is 5.54 Å². The quantitative estimate of drug-likeness (QED) is 0.614. The van der Waals surface area contributed by atoms with Crippen molar-refractivity contribution in [2.45, 2.75) is 38.8 Å². The number of β-amino-alcohol motifs (C(OH)–C–C–N with tert-alkyl or cyclic N) is 1. The first-order valence-electron chi connectivity index (χ1n) is 5.05. The van der Waals surface area contributed by atoms with Crippen molar-refractivity contribution >= 4 is 12.1 Å². The average molecular weight is 231 g/mol. The Labute approximate surface area is 93.5 Å². The van der Waals surface area contributed by atoms with Crippen LogP contribution in [-0.2, 0) is 4.79 Å². The summed E-state index contributed by atoms with van der Waals surface area (Å²) in [5.41, 5.74) is -2.34. The van der Waals surface area contributed by atoms with Gasteiger partial charge in [0, 0.05) is 6.42 Å². The van der Waals surface area contributed by atoms with E-state index in [1.807, 2.05) is 0 Å². The number of carboxylic acids is 1. The summed E-state index contributed by atoms with van der Waals surface area (Å²) in [4.78, 5) is 23.3.